The highest BCUT2D eigenvalue weighted by atomic mass is 19.4. The highest BCUT2D eigenvalue weighted by molar-refractivity contribution is 5.60. The van der Waals surface area contributed by atoms with E-state index in [1.165, 1.54) is 6.92 Å². The number of aliphatic hydroxyl groups excluding tert-OH is 2. The van der Waals surface area contributed by atoms with Gasteiger partial charge in [0.2, 0.25) is 0 Å². The van der Waals surface area contributed by atoms with Crippen molar-refractivity contribution in [1.82, 2.24) is 0 Å². The molecule has 4 nitrogen and oxygen atoms in total. The number of alkyl halides is 3. The van der Waals surface area contributed by atoms with Crippen LogP contribution >= 0.6 is 0 Å². The van der Waals surface area contributed by atoms with E-state index in [2.05, 4.69) is 5.32 Å². The molecule has 0 amide bonds. The van der Waals surface area contributed by atoms with E-state index in [0.717, 1.165) is 18.2 Å². The molecule has 104 valence electrons. The average molecular weight is 274 g/mol. The van der Waals surface area contributed by atoms with Crippen molar-refractivity contribution >= 4 is 5.69 Å². The first-order valence-electron chi connectivity index (χ1n) is 5.37. The molecule has 0 aliphatic carbocycles. The van der Waals surface area contributed by atoms with Gasteiger partial charge in [0.05, 0.1) is 35.6 Å². The fourth-order valence-electron chi connectivity index (χ4n) is 1.38. The minimum absolute atomic E-state index is 0.126. The summed E-state index contributed by atoms with van der Waals surface area (Å²) in [6, 6.07) is 4.31. The van der Waals surface area contributed by atoms with Crippen LogP contribution in [0.5, 0.6) is 0 Å². The third-order valence-electron chi connectivity index (χ3n) is 2.60. The van der Waals surface area contributed by atoms with Crippen molar-refractivity contribution in [2.45, 2.75) is 18.6 Å². The largest absolute Gasteiger partial charge is 0.416 e. The Kier molecular flexibility index (Phi) is 4.39. The summed E-state index contributed by atoms with van der Waals surface area (Å²) >= 11 is 0. The van der Waals surface area contributed by atoms with Crippen LogP contribution in [0.4, 0.5) is 18.9 Å². The van der Waals surface area contributed by atoms with Gasteiger partial charge in [0.15, 0.2) is 0 Å². The van der Waals surface area contributed by atoms with Crippen LogP contribution in [0, 0.1) is 11.3 Å². The van der Waals surface area contributed by atoms with Crippen molar-refractivity contribution in [3.63, 3.8) is 0 Å². The molecule has 0 aliphatic rings. The maximum absolute atomic E-state index is 12.5. The first-order valence-corrected chi connectivity index (χ1v) is 5.37. The third-order valence-corrected chi connectivity index (χ3v) is 2.60. The van der Waals surface area contributed by atoms with Crippen molar-refractivity contribution in [2.24, 2.45) is 0 Å². The van der Waals surface area contributed by atoms with Gasteiger partial charge in [0, 0.05) is 0 Å². The van der Waals surface area contributed by atoms with Gasteiger partial charge in [0.1, 0.15) is 6.07 Å². The van der Waals surface area contributed by atoms with E-state index in [1.54, 1.807) is 6.07 Å². The minimum atomic E-state index is -4.53. The van der Waals surface area contributed by atoms with Gasteiger partial charge >= 0.3 is 6.18 Å². The van der Waals surface area contributed by atoms with Gasteiger partial charge in [-0.2, -0.15) is 18.4 Å². The van der Waals surface area contributed by atoms with Crippen LogP contribution in [0.15, 0.2) is 18.2 Å². The predicted molar refractivity (Wildman–Crippen MR) is 62.4 cm³/mol. The summed E-state index contributed by atoms with van der Waals surface area (Å²) < 4.78 is 37.5. The molecular weight excluding hydrogens is 261 g/mol. The highest BCUT2D eigenvalue weighted by Crippen LogP contribution is 2.32. The molecule has 1 aromatic carbocycles. The molecule has 0 unspecified atom stereocenters. The number of benzene rings is 1. The zero-order valence-corrected chi connectivity index (χ0v) is 10.1. The molecule has 0 heterocycles. The third kappa shape index (κ3) is 3.59. The zero-order chi connectivity index (χ0) is 14.7. The summed E-state index contributed by atoms with van der Waals surface area (Å²) in [5.74, 6) is 0. The molecule has 0 bridgehead atoms. The van der Waals surface area contributed by atoms with Gasteiger partial charge < -0.3 is 15.5 Å². The van der Waals surface area contributed by atoms with Crippen molar-refractivity contribution in [3.05, 3.63) is 29.3 Å². The lowest BCUT2D eigenvalue weighted by Crippen LogP contribution is -2.42. The van der Waals surface area contributed by atoms with Crippen LogP contribution in [0.3, 0.4) is 0 Å². The number of nitrogens with one attached hydrogen (secondary N) is 1. The Hall–Kier alpha value is -1.78. The van der Waals surface area contributed by atoms with Crippen LogP contribution in [0.25, 0.3) is 0 Å². The summed E-state index contributed by atoms with van der Waals surface area (Å²) in [6.45, 7) is 0.608. The average Bonchev–Trinajstić information content (AvgIpc) is 2.37. The topological polar surface area (TPSA) is 76.3 Å². The molecule has 19 heavy (non-hydrogen) atoms. The van der Waals surface area contributed by atoms with Crippen molar-refractivity contribution in [2.75, 3.05) is 18.5 Å². The monoisotopic (exact) mass is 274 g/mol. The second-order valence-electron chi connectivity index (χ2n) is 4.37. The molecule has 0 saturated carbocycles. The fourth-order valence-corrected chi connectivity index (χ4v) is 1.38. The predicted octanol–water partition coefficient (Wildman–Crippen LogP) is 1.73. The standard InChI is InChI=1S/C12H13F3N2O2/c1-11(6-18,7-19)17-10-3-2-9(12(13,14)15)4-8(10)5-16/h2-4,17-19H,6-7H2,1H3. The maximum Gasteiger partial charge on any atom is 0.416 e. The molecule has 1 aromatic rings. The number of nitriles is 1. The molecular formula is C12H13F3N2O2. The Morgan fingerprint density at radius 2 is 1.84 bits per heavy atom. The SMILES string of the molecule is CC(CO)(CO)Nc1ccc(C(F)(F)F)cc1C#N. The van der Waals surface area contributed by atoms with Gasteiger partial charge in [0.25, 0.3) is 0 Å². The number of nitrogens with zero attached hydrogens (tertiary/aromatic N) is 1. The van der Waals surface area contributed by atoms with Crippen molar-refractivity contribution in [3.8, 4) is 6.07 Å². The molecule has 7 heteroatoms. The lowest BCUT2D eigenvalue weighted by Gasteiger charge is -2.28. The normalized spacial score (nSPS) is 12.1. The summed E-state index contributed by atoms with van der Waals surface area (Å²) in [6.07, 6.45) is -4.53. The second kappa shape index (κ2) is 5.47. The Morgan fingerprint density at radius 3 is 2.26 bits per heavy atom. The first kappa shape index (κ1) is 15.3. The van der Waals surface area contributed by atoms with E-state index >= 15 is 0 Å². The Labute approximate surface area is 108 Å². The van der Waals surface area contributed by atoms with E-state index in [1.807, 2.05) is 0 Å². The van der Waals surface area contributed by atoms with Gasteiger partial charge in [-0.15, -0.1) is 0 Å². The molecule has 0 aromatic heterocycles. The van der Waals surface area contributed by atoms with Crippen LogP contribution in [-0.2, 0) is 6.18 Å². The molecule has 3 N–H and O–H groups in total. The zero-order valence-electron chi connectivity index (χ0n) is 10.1. The maximum atomic E-state index is 12.5. The number of hydrogen-bond donors (Lipinski definition) is 3. The van der Waals surface area contributed by atoms with Crippen molar-refractivity contribution < 1.29 is 23.4 Å². The van der Waals surface area contributed by atoms with E-state index in [-0.39, 0.29) is 11.3 Å². The van der Waals surface area contributed by atoms with Crippen LogP contribution < -0.4 is 5.32 Å². The van der Waals surface area contributed by atoms with E-state index < -0.39 is 30.5 Å². The summed E-state index contributed by atoms with van der Waals surface area (Å²) in [5, 5.41) is 29.7. The van der Waals surface area contributed by atoms with Crippen LogP contribution in [-0.4, -0.2) is 29.0 Å². The fraction of sp³-hybridized carbons (Fsp3) is 0.417. The lowest BCUT2D eigenvalue weighted by atomic mass is 10.0. The van der Waals surface area contributed by atoms with Gasteiger partial charge in [-0.1, -0.05) is 0 Å². The second-order valence-corrected chi connectivity index (χ2v) is 4.37. The highest BCUT2D eigenvalue weighted by Gasteiger charge is 2.31. The van der Waals surface area contributed by atoms with Gasteiger partial charge in [-0.05, 0) is 25.1 Å². The van der Waals surface area contributed by atoms with Crippen molar-refractivity contribution in [1.29, 1.82) is 5.26 Å². The van der Waals surface area contributed by atoms with E-state index in [0.29, 0.717) is 0 Å². The van der Waals surface area contributed by atoms with Gasteiger partial charge in [-0.25, -0.2) is 0 Å². The summed E-state index contributed by atoms with van der Waals surface area (Å²) in [5.41, 5.74) is -2.13. The number of halogens is 3. The number of rotatable bonds is 4. The molecule has 0 saturated heterocycles. The molecule has 0 spiro atoms. The Morgan fingerprint density at radius 1 is 1.26 bits per heavy atom. The summed E-state index contributed by atoms with van der Waals surface area (Å²) in [7, 11) is 0. The van der Waals surface area contributed by atoms with E-state index in [9.17, 15) is 13.2 Å². The lowest BCUT2D eigenvalue weighted by molar-refractivity contribution is -0.137. The molecule has 0 aliphatic heterocycles. The smallest absolute Gasteiger partial charge is 0.394 e. The number of anilines is 1. The number of aliphatic hydroxyl groups is 2. The molecule has 0 fully saturated rings. The Balaban J connectivity index is 3.15. The van der Waals surface area contributed by atoms with Crippen LogP contribution in [0.1, 0.15) is 18.1 Å². The van der Waals surface area contributed by atoms with Crippen LogP contribution in [0.2, 0.25) is 0 Å². The first-order chi connectivity index (χ1) is 8.75. The van der Waals surface area contributed by atoms with Gasteiger partial charge in [-0.3, -0.25) is 0 Å². The molecule has 0 radical (unpaired) electrons. The number of hydrogen-bond acceptors (Lipinski definition) is 4. The molecule has 0 atom stereocenters. The quantitative estimate of drug-likeness (QED) is 0.781. The van der Waals surface area contributed by atoms with E-state index in [4.69, 9.17) is 15.5 Å². The molecule has 1 rings (SSSR count). The summed E-state index contributed by atoms with van der Waals surface area (Å²) in [4.78, 5) is 0. The Bertz CT molecular complexity index is 491. The minimum Gasteiger partial charge on any atom is -0.394 e.